The standard InChI is InChI=1S/C3H4INO4S/c4-2-1-5(3(2)6)10(7,8)9/h2H,1H2,(H,7,8,9). The van der Waals surface area contributed by atoms with Gasteiger partial charge in [0.25, 0.3) is 5.91 Å². The quantitative estimate of drug-likeness (QED) is 0.301. The van der Waals surface area contributed by atoms with Gasteiger partial charge in [0.1, 0.15) is 3.92 Å². The Labute approximate surface area is 71.4 Å². The fourth-order valence-corrected chi connectivity index (χ4v) is 2.44. The Balaban J connectivity index is 2.75. The maximum atomic E-state index is 10.6. The number of β-lactam (4-membered cyclic amide) rings is 1. The van der Waals surface area contributed by atoms with Crippen LogP contribution in [0, 0.1) is 0 Å². The van der Waals surface area contributed by atoms with E-state index in [4.69, 9.17) is 4.55 Å². The molecule has 0 aromatic heterocycles. The Morgan fingerprint density at radius 3 is 2.30 bits per heavy atom. The zero-order chi connectivity index (χ0) is 7.94. The van der Waals surface area contributed by atoms with E-state index >= 15 is 0 Å². The monoisotopic (exact) mass is 277 g/mol. The van der Waals surface area contributed by atoms with Crippen LogP contribution in [0.15, 0.2) is 0 Å². The summed E-state index contributed by atoms with van der Waals surface area (Å²) in [4.78, 5) is 10.6. The summed E-state index contributed by atoms with van der Waals surface area (Å²) >= 11 is 1.81. The molecular weight excluding hydrogens is 273 g/mol. The number of halogens is 1. The van der Waals surface area contributed by atoms with Crippen molar-refractivity contribution < 1.29 is 17.8 Å². The van der Waals surface area contributed by atoms with Gasteiger partial charge in [-0.05, 0) is 0 Å². The number of hydrogen-bond acceptors (Lipinski definition) is 3. The summed E-state index contributed by atoms with van der Waals surface area (Å²) in [5, 5.41) is 0. The molecule has 1 rings (SSSR count). The van der Waals surface area contributed by atoms with Crippen LogP contribution in [-0.4, -0.2) is 33.7 Å². The van der Waals surface area contributed by atoms with E-state index in [0.717, 1.165) is 0 Å². The zero-order valence-electron chi connectivity index (χ0n) is 4.69. The summed E-state index contributed by atoms with van der Waals surface area (Å²) < 4.78 is 28.9. The molecule has 10 heavy (non-hydrogen) atoms. The molecule has 1 aliphatic rings. The Hall–Kier alpha value is 0.110. The van der Waals surface area contributed by atoms with Crippen LogP contribution < -0.4 is 0 Å². The van der Waals surface area contributed by atoms with Crippen LogP contribution >= 0.6 is 22.6 Å². The van der Waals surface area contributed by atoms with E-state index in [1.807, 2.05) is 22.6 Å². The van der Waals surface area contributed by atoms with E-state index in [9.17, 15) is 13.2 Å². The third-order valence-electron chi connectivity index (χ3n) is 1.12. The first kappa shape index (κ1) is 8.21. The molecule has 1 N–H and O–H groups in total. The molecule has 1 heterocycles. The normalized spacial score (nSPS) is 26.4. The second-order valence-corrected chi connectivity index (χ2v) is 4.65. The van der Waals surface area contributed by atoms with Crippen LogP contribution in [0.2, 0.25) is 0 Å². The van der Waals surface area contributed by atoms with Crippen molar-refractivity contribution in [2.24, 2.45) is 0 Å². The van der Waals surface area contributed by atoms with Gasteiger partial charge in [-0.2, -0.15) is 8.42 Å². The molecule has 1 atom stereocenters. The highest BCUT2D eigenvalue weighted by Crippen LogP contribution is 2.20. The second-order valence-electron chi connectivity index (χ2n) is 1.81. The number of hydrogen-bond donors (Lipinski definition) is 1. The molecule has 1 amide bonds. The molecule has 1 fully saturated rings. The largest absolute Gasteiger partial charge is 0.362 e. The molecule has 0 aromatic rings. The molecule has 1 saturated heterocycles. The van der Waals surface area contributed by atoms with Crippen molar-refractivity contribution in [1.82, 2.24) is 4.31 Å². The highest BCUT2D eigenvalue weighted by molar-refractivity contribution is 14.1. The number of carbonyl (C=O) groups is 1. The minimum Gasteiger partial charge on any atom is -0.272 e. The molecule has 0 bridgehead atoms. The van der Waals surface area contributed by atoms with Crippen LogP contribution in [0.1, 0.15) is 0 Å². The van der Waals surface area contributed by atoms with Gasteiger partial charge >= 0.3 is 10.3 Å². The highest BCUT2D eigenvalue weighted by Gasteiger charge is 2.41. The Morgan fingerprint density at radius 2 is 2.20 bits per heavy atom. The van der Waals surface area contributed by atoms with Gasteiger partial charge in [-0.15, -0.1) is 0 Å². The van der Waals surface area contributed by atoms with Gasteiger partial charge in [0, 0.05) is 0 Å². The lowest BCUT2D eigenvalue weighted by molar-refractivity contribution is -0.131. The third-order valence-corrected chi connectivity index (χ3v) is 2.93. The maximum Gasteiger partial charge on any atom is 0.362 e. The van der Waals surface area contributed by atoms with E-state index < -0.39 is 16.2 Å². The second kappa shape index (κ2) is 2.31. The number of rotatable bonds is 1. The molecule has 0 aliphatic carbocycles. The SMILES string of the molecule is O=C1C(I)CN1S(=O)(=O)O. The molecular formula is C3H4INO4S. The summed E-state index contributed by atoms with van der Waals surface area (Å²) in [6.07, 6.45) is 0. The van der Waals surface area contributed by atoms with Crippen molar-refractivity contribution in [2.45, 2.75) is 3.92 Å². The topological polar surface area (TPSA) is 74.7 Å². The summed E-state index contributed by atoms with van der Waals surface area (Å²) in [7, 11) is -4.27. The molecule has 1 aliphatic heterocycles. The Morgan fingerprint density at radius 1 is 1.70 bits per heavy atom. The van der Waals surface area contributed by atoms with Crippen molar-refractivity contribution >= 4 is 38.8 Å². The Bertz CT molecular complexity index is 260. The van der Waals surface area contributed by atoms with Crippen LogP contribution in [0.3, 0.4) is 0 Å². The van der Waals surface area contributed by atoms with Crippen molar-refractivity contribution in [3.63, 3.8) is 0 Å². The van der Waals surface area contributed by atoms with Gasteiger partial charge in [0.15, 0.2) is 0 Å². The van der Waals surface area contributed by atoms with E-state index in [0.29, 0.717) is 4.31 Å². The maximum absolute atomic E-state index is 10.6. The summed E-state index contributed by atoms with van der Waals surface area (Å²) in [5.74, 6) is -0.553. The van der Waals surface area contributed by atoms with Crippen LogP contribution in [-0.2, 0) is 15.1 Å². The number of amides is 1. The molecule has 7 heteroatoms. The minimum absolute atomic E-state index is 0.0816. The molecule has 0 aromatic carbocycles. The van der Waals surface area contributed by atoms with Crippen molar-refractivity contribution in [1.29, 1.82) is 0 Å². The minimum atomic E-state index is -4.27. The van der Waals surface area contributed by atoms with Gasteiger partial charge in [-0.1, -0.05) is 22.6 Å². The van der Waals surface area contributed by atoms with Crippen molar-refractivity contribution in [3.05, 3.63) is 0 Å². The van der Waals surface area contributed by atoms with Crippen LogP contribution in [0.5, 0.6) is 0 Å². The summed E-state index contributed by atoms with van der Waals surface area (Å²) in [6, 6.07) is 0. The van der Waals surface area contributed by atoms with E-state index in [-0.39, 0.29) is 10.5 Å². The number of carbonyl (C=O) groups excluding carboxylic acids is 1. The average Bonchev–Trinajstić information content (AvgIpc) is 1.79. The van der Waals surface area contributed by atoms with E-state index in [1.54, 1.807) is 0 Å². The smallest absolute Gasteiger partial charge is 0.272 e. The van der Waals surface area contributed by atoms with Crippen molar-refractivity contribution in [2.75, 3.05) is 6.54 Å². The first-order valence-electron chi connectivity index (χ1n) is 2.36. The van der Waals surface area contributed by atoms with Gasteiger partial charge in [-0.3, -0.25) is 9.35 Å². The summed E-state index contributed by atoms with van der Waals surface area (Å²) in [6.45, 7) is 0.0816. The molecule has 0 saturated carbocycles. The fraction of sp³-hybridized carbons (Fsp3) is 0.667. The molecule has 0 radical (unpaired) electrons. The van der Waals surface area contributed by atoms with E-state index in [2.05, 4.69) is 0 Å². The number of nitrogens with zero attached hydrogens (tertiary/aromatic N) is 1. The van der Waals surface area contributed by atoms with Gasteiger partial charge in [-0.25, -0.2) is 4.31 Å². The zero-order valence-corrected chi connectivity index (χ0v) is 7.66. The van der Waals surface area contributed by atoms with Crippen molar-refractivity contribution in [3.8, 4) is 0 Å². The van der Waals surface area contributed by atoms with E-state index in [1.165, 1.54) is 0 Å². The lowest BCUT2D eigenvalue weighted by atomic mass is 10.3. The lowest BCUT2D eigenvalue weighted by Gasteiger charge is -2.31. The first-order chi connectivity index (χ1) is 4.43. The molecule has 0 spiro atoms. The lowest BCUT2D eigenvalue weighted by Crippen LogP contribution is -2.55. The molecule has 58 valence electrons. The summed E-state index contributed by atoms with van der Waals surface area (Å²) in [5.41, 5.74) is 0. The Kier molecular flexibility index (Phi) is 1.90. The average molecular weight is 277 g/mol. The third kappa shape index (κ3) is 1.25. The van der Waals surface area contributed by atoms with Crippen LogP contribution in [0.25, 0.3) is 0 Å². The number of alkyl halides is 1. The van der Waals surface area contributed by atoms with Gasteiger partial charge in [0.2, 0.25) is 0 Å². The van der Waals surface area contributed by atoms with Crippen LogP contribution in [0.4, 0.5) is 0 Å². The first-order valence-corrected chi connectivity index (χ1v) is 5.00. The highest BCUT2D eigenvalue weighted by atomic mass is 127. The predicted octanol–water partition coefficient (Wildman–Crippen LogP) is -0.565. The predicted molar refractivity (Wildman–Crippen MR) is 41.1 cm³/mol. The van der Waals surface area contributed by atoms with Gasteiger partial charge < -0.3 is 0 Å². The van der Waals surface area contributed by atoms with Gasteiger partial charge in [0.05, 0.1) is 6.54 Å². The molecule has 5 nitrogen and oxygen atoms in total. The molecule has 1 unspecified atom stereocenters. The fourth-order valence-electron chi connectivity index (χ4n) is 0.565.